The number of hydrogen-bond donors (Lipinski definition) is 1. The SMILES string of the molecule is C[C@H](Cc1ccccc1)[n+]1cc(=N)o[n-]1. The fourth-order valence-electron chi connectivity index (χ4n) is 1.51. The van der Waals surface area contributed by atoms with Gasteiger partial charge in [0.05, 0.1) is 0 Å². The third kappa shape index (κ3) is 2.34. The topological polar surface area (TPSA) is 55.0 Å². The van der Waals surface area contributed by atoms with Crippen LogP contribution in [0.15, 0.2) is 41.1 Å². The molecule has 0 unspecified atom stereocenters. The molecule has 0 amide bonds. The van der Waals surface area contributed by atoms with Crippen LogP contribution in [0.25, 0.3) is 0 Å². The maximum Gasteiger partial charge on any atom is 0.264 e. The lowest BCUT2D eigenvalue weighted by molar-refractivity contribution is -0.787. The van der Waals surface area contributed by atoms with Crippen molar-refractivity contribution in [2.45, 2.75) is 19.4 Å². The minimum Gasteiger partial charge on any atom is -0.487 e. The van der Waals surface area contributed by atoms with Crippen LogP contribution < -0.4 is 15.5 Å². The van der Waals surface area contributed by atoms with Gasteiger partial charge >= 0.3 is 0 Å². The molecule has 4 nitrogen and oxygen atoms in total. The first-order valence-electron chi connectivity index (χ1n) is 4.89. The van der Waals surface area contributed by atoms with E-state index in [-0.39, 0.29) is 11.6 Å². The van der Waals surface area contributed by atoms with E-state index in [4.69, 9.17) is 9.93 Å². The highest BCUT2D eigenvalue weighted by Crippen LogP contribution is 2.06. The summed E-state index contributed by atoms with van der Waals surface area (Å²) in [5, 5.41) is 11.0. The van der Waals surface area contributed by atoms with Crippen molar-refractivity contribution in [2.75, 3.05) is 0 Å². The summed E-state index contributed by atoms with van der Waals surface area (Å²) >= 11 is 0. The molecule has 78 valence electrons. The summed E-state index contributed by atoms with van der Waals surface area (Å²) in [4.78, 5) is 0. The molecule has 15 heavy (non-hydrogen) atoms. The van der Waals surface area contributed by atoms with Gasteiger partial charge in [0.15, 0.2) is 6.04 Å². The Balaban J connectivity index is 2.10. The summed E-state index contributed by atoms with van der Waals surface area (Å²) in [6.07, 6.45) is 2.48. The molecule has 1 heterocycles. The minimum absolute atomic E-state index is 0.0925. The van der Waals surface area contributed by atoms with Crippen molar-refractivity contribution in [1.82, 2.24) is 5.27 Å². The maximum atomic E-state index is 7.24. The van der Waals surface area contributed by atoms with Crippen molar-refractivity contribution in [2.24, 2.45) is 0 Å². The minimum atomic E-state index is 0.0925. The molecule has 1 atom stereocenters. The van der Waals surface area contributed by atoms with Gasteiger partial charge in [0, 0.05) is 6.42 Å². The first-order valence-corrected chi connectivity index (χ1v) is 4.89. The average Bonchev–Trinajstić information content (AvgIpc) is 2.66. The van der Waals surface area contributed by atoms with Crippen molar-refractivity contribution < 1.29 is 9.20 Å². The van der Waals surface area contributed by atoms with Crippen LogP contribution in [0.4, 0.5) is 0 Å². The molecule has 1 N–H and O–H groups in total. The zero-order valence-electron chi connectivity index (χ0n) is 8.55. The van der Waals surface area contributed by atoms with E-state index < -0.39 is 0 Å². The lowest BCUT2D eigenvalue weighted by Crippen LogP contribution is -2.42. The van der Waals surface area contributed by atoms with Gasteiger partial charge in [-0.3, -0.25) is 10.7 Å². The Morgan fingerprint density at radius 3 is 2.73 bits per heavy atom. The largest absolute Gasteiger partial charge is 0.487 e. The zero-order valence-corrected chi connectivity index (χ0v) is 8.55. The fourth-order valence-corrected chi connectivity index (χ4v) is 1.51. The van der Waals surface area contributed by atoms with Crippen LogP contribution in [0.3, 0.4) is 0 Å². The van der Waals surface area contributed by atoms with Crippen LogP contribution in [-0.2, 0) is 6.42 Å². The fraction of sp³-hybridized carbons (Fsp3) is 0.273. The van der Waals surface area contributed by atoms with Crippen LogP contribution in [0.2, 0.25) is 0 Å². The quantitative estimate of drug-likeness (QED) is 0.750. The lowest BCUT2D eigenvalue weighted by Gasteiger charge is -2.07. The molecule has 0 aliphatic heterocycles. The van der Waals surface area contributed by atoms with E-state index in [0.717, 1.165) is 6.42 Å². The van der Waals surface area contributed by atoms with Gasteiger partial charge in [0.25, 0.3) is 5.55 Å². The van der Waals surface area contributed by atoms with Gasteiger partial charge in [-0.1, -0.05) is 30.3 Å². The molecule has 0 spiro atoms. The van der Waals surface area contributed by atoms with Gasteiger partial charge in [-0.05, 0) is 12.5 Å². The van der Waals surface area contributed by atoms with Gasteiger partial charge in [-0.25, -0.2) is 4.68 Å². The number of benzene rings is 1. The zero-order chi connectivity index (χ0) is 10.7. The Morgan fingerprint density at radius 1 is 1.40 bits per heavy atom. The number of hydrogen-bond acceptors (Lipinski definition) is 2. The van der Waals surface area contributed by atoms with Gasteiger partial charge in [0.1, 0.15) is 0 Å². The lowest BCUT2D eigenvalue weighted by atomic mass is 10.1. The van der Waals surface area contributed by atoms with Crippen LogP contribution in [0, 0.1) is 5.41 Å². The molecule has 4 heteroatoms. The second kappa shape index (κ2) is 4.13. The second-order valence-electron chi connectivity index (χ2n) is 3.59. The summed E-state index contributed by atoms with van der Waals surface area (Å²) in [7, 11) is 0. The number of rotatable bonds is 3. The standard InChI is InChI=1S/C11H13N3O/c1-9(14-8-11(12)15-13-14)7-10-5-3-2-4-6-10/h2-6,8-9,12H,7H2,1H3/t9-/m1/s1. The van der Waals surface area contributed by atoms with Crippen LogP contribution in [-0.4, -0.2) is 0 Å². The second-order valence-corrected chi connectivity index (χ2v) is 3.59. The Labute approximate surface area is 87.6 Å². The summed E-state index contributed by atoms with van der Waals surface area (Å²) in [6, 6.07) is 10.4. The first-order chi connectivity index (χ1) is 7.25. The number of nitrogens with zero attached hydrogens (tertiary/aromatic N) is 2. The molecule has 0 aliphatic carbocycles. The van der Waals surface area contributed by atoms with E-state index in [9.17, 15) is 0 Å². The molecule has 0 bridgehead atoms. The molecule has 0 saturated heterocycles. The van der Waals surface area contributed by atoms with E-state index in [1.165, 1.54) is 5.56 Å². The van der Waals surface area contributed by atoms with E-state index >= 15 is 0 Å². The summed E-state index contributed by atoms with van der Waals surface area (Å²) in [6.45, 7) is 2.05. The third-order valence-electron chi connectivity index (χ3n) is 2.31. The molecule has 0 saturated carbocycles. The summed E-state index contributed by atoms with van der Waals surface area (Å²) in [5.41, 5.74) is 1.35. The summed E-state index contributed by atoms with van der Waals surface area (Å²) < 4.78 is 6.38. The Kier molecular flexibility index (Phi) is 2.67. The van der Waals surface area contributed by atoms with Crippen molar-refractivity contribution in [1.29, 1.82) is 5.41 Å². The molecule has 2 aromatic rings. The van der Waals surface area contributed by atoms with Crippen molar-refractivity contribution in [3.05, 3.63) is 47.6 Å². The number of nitrogens with one attached hydrogen (secondary N) is 1. The monoisotopic (exact) mass is 203 g/mol. The normalized spacial score (nSPS) is 12.6. The van der Waals surface area contributed by atoms with Gasteiger partial charge in [-0.15, -0.1) is 0 Å². The highest BCUT2D eigenvalue weighted by molar-refractivity contribution is 5.14. The maximum absolute atomic E-state index is 7.24. The Hall–Kier alpha value is -1.84. The number of aromatic nitrogens is 2. The molecular formula is C11H13N3O. The highest BCUT2D eigenvalue weighted by Gasteiger charge is 2.10. The van der Waals surface area contributed by atoms with Gasteiger partial charge < -0.3 is 4.52 Å². The van der Waals surface area contributed by atoms with Crippen molar-refractivity contribution >= 4 is 0 Å². The Morgan fingerprint density at radius 2 is 2.13 bits per heavy atom. The first kappa shape index (κ1) is 9.71. The third-order valence-corrected chi connectivity index (χ3v) is 2.31. The van der Waals surface area contributed by atoms with Crippen molar-refractivity contribution in [3.8, 4) is 0 Å². The van der Waals surface area contributed by atoms with Crippen LogP contribution >= 0.6 is 0 Å². The summed E-state index contributed by atoms with van der Waals surface area (Å²) in [5.74, 6) is 0. The predicted octanol–water partition coefficient (Wildman–Crippen LogP) is 0.807. The van der Waals surface area contributed by atoms with E-state index in [2.05, 4.69) is 24.3 Å². The molecule has 2 rings (SSSR count). The molecule has 0 radical (unpaired) electrons. The molecule has 1 aromatic carbocycles. The average molecular weight is 203 g/mol. The molecule has 0 aliphatic rings. The van der Waals surface area contributed by atoms with Gasteiger partial charge in [0.2, 0.25) is 6.20 Å². The molecule has 1 aromatic heterocycles. The Bertz CT molecular complexity index is 472. The van der Waals surface area contributed by atoms with E-state index in [1.54, 1.807) is 10.9 Å². The molecule has 0 fully saturated rings. The smallest absolute Gasteiger partial charge is 0.264 e. The molecular weight excluding hydrogens is 190 g/mol. The van der Waals surface area contributed by atoms with Gasteiger partial charge in [-0.2, -0.15) is 0 Å². The van der Waals surface area contributed by atoms with Crippen molar-refractivity contribution in [3.63, 3.8) is 0 Å². The predicted molar refractivity (Wildman–Crippen MR) is 52.9 cm³/mol. The van der Waals surface area contributed by atoms with E-state index in [1.807, 2.05) is 18.2 Å². The van der Waals surface area contributed by atoms with E-state index in [0.29, 0.717) is 0 Å². The van der Waals surface area contributed by atoms with Crippen LogP contribution in [0.5, 0.6) is 0 Å². The van der Waals surface area contributed by atoms with Crippen LogP contribution in [0.1, 0.15) is 18.5 Å². The highest BCUT2D eigenvalue weighted by atomic mass is 16.5.